The standard InChI is InChI=1S/C19H20FN3OS/c20-16-5-1-2-6-18(16)23(11-4-9-21)19(24)13-22-10-3-7-17(22)15-8-12-25-14-15/h1-2,5-6,8,12,14,17H,3-4,7,10-11,13H2/t17-/m0/s1. The summed E-state index contributed by atoms with van der Waals surface area (Å²) in [5, 5.41) is 13.0. The van der Waals surface area contributed by atoms with E-state index in [9.17, 15) is 9.18 Å². The Bertz CT molecular complexity index is 756. The molecule has 3 rings (SSSR count). The number of hydrogen-bond donors (Lipinski definition) is 0. The molecular weight excluding hydrogens is 337 g/mol. The Kier molecular flexibility index (Phi) is 5.79. The fraction of sp³-hybridized carbons (Fsp3) is 0.368. The van der Waals surface area contributed by atoms with Crippen molar-refractivity contribution in [3.05, 3.63) is 52.5 Å². The second kappa shape index (κ2) is 8.24. The predicted octanol–water partition coefficient (Wildman–Crippen LogP) is 3.97. The Balaban J connectivity index is 1.76. The van der Waals surface area contributed by atoms with Gasteiger partial charge in [-0.1, -0.05) is 12.1 Å². The average Bonchev–Trinajstić information content (AvgIpc) is 3.28. The second-order valence-corrected chi connectivity index (χ2v) is 6.87. The van der Waals surface area contributed by atoms with Crippen molar-refractivity contribution in [2.75, 3.05) is 24.5 Å². The van der Waals surface area contributed by atoms with E-state index in [0.717, 1.165) is 19.4 Å². The van der Waals surface area contributed by atoms with Gasteiger partial charge in [-0.3, -0.25) is 9.69 Å². The van der Waals surface area contributed by atoms with Gasteiger partial charge in [0.15, 0.2) is 0 Å². The fourth-order valence-electron chi connectivity index (χ4n) is 3.33. The van der Waals surface area contributed by atoms with E-state index in [1.807, 2.05) is 11.4 Å². The highest BCUT2D eigenvalue weighted by atomic mass is 32.1. The quantitative estimate of drug-likeness (QED) is 0.786. The number of amides is 1. The molecule has 0 N–H and O–H groups in total. The number of benzene rings is 1. The van der Waals surface area contributed by atoms with Gasteiger partial charge in [-0.25, -0.2) is 4.39 Å². The third-order valence-corrected chi connectivity index (χ3v) is 5.22. The highest BCUT2D eigenvalue weighted by Gasteiger charge is 2.30. The zero-order valence-electron chi connectivity index (χ0n) is 13.9. The molecule has 0 unspecified atom stereocenters. The van der Waals surface area contributed by atoms with Gasteiger partial charge < -0.3 is 4.90 Å². The lowest BCUT2D eigenvalue weighted by molar-refractivity contribution is -0.120. The van der Waals surface area contributed by atoms with Crippen LogP contribution in [0.5, 0.6) is 0 Å². The van der Waals surface area contributed by atoms with Crippen molar-refractivity contribution in [3.63, 3.8) is 0 Å². The number of para-hydroxylation sites is 1. The summed E-state index contributed by atoms with van der Waals surface area (Å²) in [4.78, 5) is 16.4. The maximum Gasteiger partial charge on any atom is 0.241 e. The van der Waals surface area contributed by atoms with Gasteiger partial charge >= 0.3 is 0 Å². The number of halogens is 1. The Morgan fingerprint density at radius 3 is 2.96 bits per heavy atom. The minimum Gasteiger partial charge on any atom is -0.308 e. The largest absolute Gasteiger partial charge is 0.308 e. The summed E-state index contributed by atoms with van der Waals surface area (Å²) < 4.78 is 14.2. The summed E-state index contributed by atoms with van der Waals surface area (Å²) >= 11 is 1.66. The average molecular weight is 357 g/mol. The number of carbonyl (C=O) groups is 1. The molecule has 2 aromatic rings. The molecule has 6 heteroatoms. The van der Waals surface area contributed by atoms with Crippen LogP contribution in [0.25, 0.3) is 0 Å². The molecule has 2 heterocycles. The normalized spacial score (nSPS) is 17.4. The fourth-order valence-corrected chi connectivity index (χ4v) is 4.04. The lowest BCUT2D eigenvalue weighted by atomic mass is 10.1. The molecule has 1 amide bonds. The van der Waals surface area contributed by atoms with Crippen molar-refractivity contribution in [2.24, 2.45) is 0 Å². The van der Waals surface area contributed by atoms with E-state index in [1.165, 1.54) is 16.5 Å². The van der Waals surface area contributed by atoms with Gasteiger partial charge in [0.1, 0.15) is 5.82 Å². The Labute approximate surface area is 151 Å². The molecule has 1 aromatic carbocycles. The number of anilines is 1. The maximum atomic E-state index is 14.2. The molecule has 1 aliphatic heterocycles. The maximum absolute atomic E-state index is 14.2. The zero-order valence-corrected chi connectivity index (χ0v) is 14.7. The molecule has 1 saturated heterocycles. The monoisotopic (exact) mass is 357 g/mol. The van der Waals surface area contributed by atoms with Crippen molar-refractivity contribution in [1.82, 2.24) is 4.90 Å². The lowest BCUT2D eigenvalue weighted by Gasteiger charge is -2.28. The van der Waals surface area contributed by atoms with Crippen molar-refractivity contribution >= 4 is 22.9 Å². The van der Waals surface area contributed by atoms with Crippen LogP contribution >= 0.6 is 11.3 Å². The van der Waals surface area contributed by atoms with Gasteiger partial charge in [0.2, 0.25) is 5.91 Å². The van der Waals surface area contributed by atoms with E-state index < -0.39 is 5.82 Å². The number of likely N-dealkylation sites (tertiary alicyclic amines) is 1. The predicted molar refractivity (Wildman–Crippen MR) is 96.9 cm³/mol. The molecule has 1 aliphatic rings. The molecule has 0 aliphatic carbocycles. The van der Waals surface area contributed by atoms with E-state index in [4.69, 9.17) is 5.26 Å². The molecular formula is C19H20FN3OS. The molecule has 1 fully saturated rings. The number of thiophene rings is 1. The Morgan fingerprint density at radius 2 is 2.24 bits per heavy atom. The van der Waals surface area contributed by atoms with Gasteiger partial charge in [0, 0.05) is 12.6 Å². The number of carbonyl (C=O) groups excluding carboxylic acids is 1. The van der Waals surface area contributed by atoms with Crippen LogP contribution in [0.4, 0.5) is 10.1 Å². The summed E-state index contributed by atoms with van der Waals surface area (Å²) in [6, 6.07) is 10.6. The van der Waals surface area contributed by atoms with Crippen LogP contribution in [0.15, 0.2) is 41.1 Å². The van der Waals surface area contributed by atoms with Crippen molar-refractivity contribution in [1.29, 1.82) is 5.26 Å². The van der Waals surface area contributed by atoms with E-state index in [0.29, 0.717) is 0 Å². The van der Waals surface area contributed by atoms with Crippen LogP contribution in [0.2, 0.25) is 0 Å². The molecule has 1 atom stereocenters. The van der Waals surface area contributed by atoms with E-state index in [1.54, 1.807) is 29.5 Å². The first kappa shape index (κ1) is 17.6. The first-order chi connectivity index (χ1) is 12.2. The number of nitriles is 1. The second-order valence-electron chi connectivity index (χ2n) is 6.09. The number of nitrogens with zero attached hydrogens (tertiary/aromatic N) is 3. The van der Waals surface area contributed by atoms with Crippen molar-refractivity contribution in [3.8, 4) is 6.07 Å². The summed E-state index contributed by atoms with van der Waals surface area (Å²) in [6.45, 7) is 1.29. The topological polar surface area (TPSA) is 47.3 Å². The molecule has 0 spiro atoms. The van der Waals surface area contributed by atoms with Crippen LogP contribution in [-0.4, -0.2) is 30.4 Å². The number of rotatable bonds is 6. The molecule has 130 valence electrons. The van der Waals surface area contributed by atoms with Crippen molar-refractivity contribution in [2.45, 2.75) is 25.3 Å². The molecule has 1 aromatic heterocycles. The van der Waals surface area contributed by atoms with Gasteiger partial charge in [0.05, 0.1) is 24.7 Å². The highest BCUT2D eigenvalue weighted by Crippen LogP contribution is 2.33. The molecule has 0 saturated carbocycles. The first-order valence-corrected chi connectivity index (χ1v) is 9.33. The van der Waals surface area contributed by atoms with Crippen LogP contribution in [-0.2, 0) is 4.79 Å². The summed E-state index contributed by atoms with van der Waals surface area (Å²) in [5.74, 6) is -0.605. The molecule has 25 heavy (non-hydrogen) atoms. The molecule has 4 nitrogen and oxygen atoms in total. The van der Waals surface area contributed by atoms with E-state index in [-0.39, 0.29) is 37.1 Å². The summed E-state index contributed by atoms with van der Waals surface area (Å²) in [5.41, 5.74) is 1.48. The Hall–Kier alpha value is -2.23. The van der Waals surface area contributed by atoms with Crippen LogP contribution < -0.4 is 4.90 Å². The first-order valence-electron chi connectivity index (χ1n) is 8.38. The van der Waals surface area contributed by atoms with Gasteiger partial charge in [-0.15, -0.1) is 0 Å². The Morgan fingerprint density at radius 1 is 1.40 bits per heavy atom. The molecule has 0 bridgehead atoms. The van der Waals surface area contributed by atoms with E-state index in [2.05, 4.69) is 16.3 Å². The SMILES string of the molecule is N#CCCN(C(=O)CN1CCC[C@H]1c1ccsc1)c1ccccc1F. The minimum absolute atomic E-state index is 0.164. The van der Waals surface area contributed by atoms with Gasteiger partial charge in [0.25, 0.3) is 0 Å². The van der Waals surface area contributed by atoms with Gasteiger partial charge in [-0.05, 0) is 53.9 Å². The lowest BCUT2D eigenvalue weighted by Crippen LogP contribution is -2.41. The van der Waals surface area contributed by atoms with Crippen LogP contribution in [0.1, 0.15) is 30.9 Å². The highest BCUT2D eigenvalue weighted by molar-refractivity contribution is 7.07. The summed E-state index contributed by atoms with van der Waals surface area (Å²) in [6.07, 6.45) is 2.25. The van der Waals surface area contributed by atoms with Gasteiger partial charge in [-0.2, -0.15) is 16.6 Å². The number of hydrogen-bond acceptors (Lipinski definition) is 4. The minimum atomic E-state index is -0.440. The zero-order chi connectivity index (χ0) is 17.6. The summed E-state index contributed by atoms with van der Waals surface area (Å²) in [7, 11) is 0. The van der Waals surface area contributed by atoms with E-state index >= 15 is 0 Å². The van der Waals surface area contributed by atoms with Crippen LogP contribution in [0, 0.1) is 17.1 Å². The smallest absolute Gasteiger partial charge is 0.241 e. The molecule has 0 radical (unpaired) electrons. The van der Waals surface area contributed by atoms with Crippen LogP contribution in [0.3, 0.4) is 0 Å². The van der Waals surface area contributed by atoms with Crippen molar-refractivity contribution < 1.29 is 9.18 Å². The third kappa shape index (κ3) is 4.06. The third-order valence-electron chi connectivity index (χ3n) is 4.52.